The molecule has 0 amide bonds. The molecule has 2 aromatic rings. The molecule has 16 heavy (non-hydrogen) atoms. The Morgan fingerprint density at radius 3 is 3.06 bits per heavy atom. The van der Waals surface area contributed by atoms with Crippen LogP contribution in [0.3, 0.4) is 0 Å². The van der Waals surface area contributed by atoms with Gasteiger partial charge in [-0.25, -0.2) is 0 Å². The predicted molar refractivity (Wildman–Crippen MR) is 79.7 cm³/mol. The number of anilines is 1. The van der Waals surface area contributed by atoms with Gasteiger partial charge in [-0.05, 0) is 49.1 Å². The number of aryl methyl sites for hydroxylation is 1. The van der Waals surface area contributed by atoms with Crippen LogP contribution < -0.4 is 4.90 Å². The van der Waals surface area contributed by atoms with Crippen LogP contribution in [0.25, 0.3) is 9.82 Å². The smallest absolute Gasteiger partial charge is 0.0450 e. The molecule has 0 saturated heterocycles. The van der Waals surface area contributed by atoms with Gasteiger partial charge in [0.05, 0.1) is 0 Å². The number of fused-ring (bicyclic) bond motifs is 2. The molecule has 1 aromatic heterocycles. The second-order valence-electron chi connectivity index (χ2n) is 4.36. The summed E-state index contributed by atoms with van der Waals surface area (Å²) in [5.41, 5.74) is 3.07. The molecule has 0 radical (unpaired) electrons. The molecule has 4 heteroatoms. The molecule has 1 aromatic carbocycles. The fourth-order valence-corrected chi connectivity index (χ4v) is 8.11. The Kier molecular flexibility index (Phi) is 2.95. The van der Waals surface area contributed by atoms with Gasteiger partial charge in [-0.1, -0.05) is 11.4 Å². The second kappa shape index (κ2) is 4.29. The lowest BCUT2D eigenvalue weighted by atomic mass is 10.1. The molecule has 1 atom stereocenters. The van der Waals surface area contributed by atoms with Crippen LogP contribution in [0.2, 0.25) is 0 Å². The van der Waals surface area contributed by atoms with E-state index in [-0.39, 0.29) is 5.91 Å². The third-order valence-electron chi connectivity index (χ3n) is 3.30. The van der Waals surface area contributed by atoms with E-state index < -0.39 is 0 Å². The lowest BCUT2D eigenvalue weighted by Gasteiger charge is -2.21. The molecule has 2 heterocycles. The summed E-state index contributed by atoms with van der Waals surface area (Å²) in [5.74, 6) is 0.0523. The van der Waals surface area contributed by atoms with Gasteiger partial charge in [0.25, 0.3) is 0 Å². The van der Waals surface area contributed by atoms with Crippen LogP contribution in [0.15, 0.2) is 12.1 Å². The van der Waals surface area contributed by atoms with E-state index in [1.807, 2.05) is 11.4 Å². The molecule has 3 rings (SSSR count). The lowest BCUT2D eigenvalue weighted by molar-refractivity contribution is 0.750. The van der Waals surface area contributed by atoms with Gasteiger partial charge >= 0.3 is 0 Å². The summed E-state index contributed by atoms with van der Waals surface area (Å²) < 4.78 is 1.55. The first-order valence-corrected chi connectivity index (χ1v) is 10.3. The zero-order chi connectivity index (χ0) is 11.1. The predicted octanol–water partition coefficient (Wildman–Crippen LogP) is 4.79. The Morgan fingerprint density at radius 1 is 1.38 bits per heavy atom. The molecular formula is C12H16NPS2. The van der Waals surface area contributed by atoms with Gasteiger partial charge in [0.1, 0.15) is 0 Å². The first-order chi connectivity index (χ1) is 7.79. The van der Waals surface area contributed by atoms with E-state index in [4.69, 9.17) is 0 Å². The minimum absolute atomic E-state index is 0.0523. The van der Waals surface area contributed by atoms with Crippen molar-refractivity contribution in [3.63, 3.8) is 0 Å². The van der Waals surface area contributed by atoms with E-state index in [0.29, 0.717) is 0 Å². The fraction of sp³-hybridized carbons (Fsp3) is 0.500. The standard InChI is InChI=1S/C12H16NPS2/c1-13-6-4-3-5-9-7-12-11(8-10(9)13)14(15-2)16-12/h7-8H,3-6H2,1-2H3. The summed E-state index contributed by atoms with van der Waals surface area (Å²) in [6, 6.07) is 4.92. The highest BCUT2D eigenvalue weighted by Crippen LogP contribution is 2.59. The van der Waals surface area contributed by atoms with Crippen molar-refractivity contribution in [3.05, 3.63) is 17.7 Å². The summed E-state index contributed by atoms with van der Waals surface area (Å²) in [6.07, 6.45) is 6.18. The van der Waals surface area contributed by atoms with Gasteiger partial charge in [0, 0.05) is 29.1 Å². The Morgan fingerprint density at radius 2 is 2.25 bits per heavy atom. The summed E-state index contributed by atoms with van der Waals surface area (Å²) in [7, 11) is 4.33. The van der Waals surface area contributed by atoms with Crippen molar-refractivity contribution < 1.29 is 0 Å². The van der Waals surface area contributed by atoms with Crippen molar-refractivity contribution in [1.29, 1.82) is 0 Å². The molecule has 0 aliphatic carbocycles. The minimum Gasteiger partial charge on any atom is -0.374 e. The van der Waals surface area contributed by atoms with Crippen LogP contribution in [-0.2, 0) is 6.42 Å². The third kappa shape index (κ3) is 1.70. The topological polar surface area (TPSA) is 3.24 Å². The van der Waals surface area contributed by atoms with Crippen LogP contribution in [0, 0.1) is 0 Å². The number of nitrogens with zero attached hydrogens (tertiary/aromatic N) is 1. The Bertz CT molecular complexity index is 514. The van der Waals surface area contributed by atoms with Crippen LogP contribution in [-0.4, -0.2) is 19.8 Å². The maximum absolute atomic E-state index is 2.47. The zero-order valence-corrected chi connectivity index (χ0v) is 12.2. The van der Waals surface area contributed by atoms with Crippen molar-refractivity contribution in [2.24, 2.45) is 0 Å². The largest absolute Gasteiger partial charge is 0.374 e. The van der Waals surface area contributed by atoms with Crippen molar-refractivity contribution in [1.82, 2.24) is 0 Å². The monoisotopic (exact) mass is 269 g/mol. The number of hydrogen-bond acceptors (Lipinski definition) is 3. The Hall–Kier alpha value is -0.110. The molecule has 1 nitrogen and oxygen atoms in total. The molecule has 1 aliphatic heterocycles. The summed E-state index contributed by atoms with van der Waals surface area (Å²) in [5, 5.41) is 1.63. The van der Waals surface area contributed by atoms with Gasteiger partial charge < -0.3 is 4.90 Å². The first-order valence-electron chi connectivity index (χ1n) is 5.70. The van der Waals surface area contributed by atoms with Gasteiger partial charge in [0.2, 0.25) is 0 Å². The average molecular weight is 269 g/mol. The van der Waals surface area contributed by atoms with Gasteiger partial charge in [-0.15, -0.1) is 10.9 Å². The lowest BCUT2D eigenvalue weighted by Crippen LogP contribution is -2.17. The minimum atomic E-state index is 0.0523. The fourth-order valence-electron chi connectivity index (χ4n) is 2.39. The average Bonchev–Trinajstić information content (AvgIpc) is 2.43. The molecule has 0 N–H and O–H groups in total. The van der Waals surface area contributed by atoms with Crippen molar-refractivity contribution >= 4 is 43.7 Å². The van der Waals surface area contributed by atoms with Crippen LogP contribution in [0.5, 0.6) is 0 Å². The first kappa shape index (κ1) is 11.0. The zero-order valence-electron chi connectivity index (χ0n) is 9.69. The molecule has 0 spiro atoms. The Balaban J connectivity index is 2.13. The summed E-state index contributed by atoms with van der Waals surface area (Å²) in [6.45, 7) is 1.22. The van der Waals surface area contributed by atoms with Gasteiger partial charge in [0.15, 0.2) is 0 Å². The highest BCUT2D eigenvalue weighted by atomic mass is 33.0. The van der Waals surface area contributed by atoms with E-state index in [0.717, 1.165) is 0 Å². The number of benzene rings is 1. The quantitative estimate of drug-likeness (QED) is 0.732. The van der Waals surface area contributed by atoms with E-state index in [2.05, 4.69) is 41.3 Å². The second-order valence-corrected chi connectivity index (χ2v) is 10.9. The summed E-state index contributed by atoms with van der Waals surface area (Å²) in [4.78, 5) is 2.44. The van der Waals surface area contributed by atoms with Crippen LogP contribution >= 0.6 is 28.2 Å². The molecule has 0 saturated carbocycles. The van der Waals surface area contributed by atoms with Crippen molar-refractivity contribution in [3.8, 4) is 0 Å². The molecule has 1 aliphatic rings. The van der Waals surface area contributed by atoms with Gasteiger partial charge in [-0.3, -0.25) is 0 Å². The summed E-state index contributed by atoms with van der Waals surface area (Å²) >= 11 is 2.02. The molecule has 1 unspecified atom stereocenters. The molecule has 0 fully saturated rings. The molecule has 86 valence electrons. The van der Waals surface area contributed by atoms with Gasteiger partial charge in [-0.2, -0.15) is 0 Å². The van der Waals surface area contributed by atoms with Crippen molar-refractivity contribution in [2.75, 3.05) is 24.7 Å². The van der Waals surface area contributed by atoms with E-state index >= 15 is 0 Å². The molecule has 0 bridgehead atoms. The normalized spacial score (nSPS) is 17.6. The van der Waals surface area contributed by atoms with E-state index in [1.54, 1.807) is 15.4 Å². The van der Waals surface area contributed by atoms with E-state index in [9.17, 15) is 0 Å². The number of rotatable bonds is 1. The SMILES string of the molecule is CSp1sc2cc3c(cc21)N(C)CCCC3. The Labute approximate surface area is 105 Å². The maximum atomic E-state index is 2.47. The maximum Gasteiger partial charge on any atom is 0.0450 e. The highest BCUT2D eigenvalue weighted by molar-refractivity contribution is 8.64. The van der Waals surface area contributed by atoms with Crippen molar-refractivity contribution in [2.45, 2.75) is 19.3 Å². The third-order valence-corrected chi connectivity index (χ3v) is 10.5. The van der Waals surface area contributed by atoms with Crippen LogP contribution in [0.4, 0.5) is 5.69 Å². The van der Waals surface area contributed by atoms with E-state index in [1.165, 1.54) is 31.5 Å². The number of hydrogen-bond donors (Lipinski definition) is 0. The van der Waals surface area contributed by atoms with Crippen LogP contribution in [0.1, 0.15) is 18.4 Å². The molecular weight excluding hydrogens is 253 g/mol. The highest BCUT2D eigenvalue weighted by Gasteiger charge is 2.16.